The van der Waals surface area contributed by atoms with E-state index < -0.39 is 8.07 Å². The number of benzene rings is 4. The molecule has 0 saturated heterocycles. The topological polar surface area (TPSA) is 38.9 Å². The van der Waals surface area contributed by atoms with Crippen LogP contribution in [0.4, 0.5) is 0 Å². The van der Waals surface area contributed by atoms with Crippen molar-refractivity contribution in [2.75, 3.05) is 0 Å². The number of aromatic nitrogens is 2. The van der Waals surface area contributed by atoms with Gasteiger partial charge in [0.15, 0.2) is 0 Å². The largest absolute Gasteiger partial charge is 0.500 e. The first-order valence-electron chi connectivity index (χ1n) is 15.5. The van der Waals surface area contributed by atoms with E-state index in [1.165, 1.54) is 21.9 Å². The number of furan rings is 1. The molecule has 0 fully saturated rings. The number of hydrogen-bond acceptors (Lipinski definition) is 3. The minimum Gasteiger partial charge on any atom is -0.500 e. The molecule has 0 N–H and O–H groups in total. The smallest absolute Gasteiger partial charge is 0.121 e. The Labute approximate surface area is 287 Å². The maximum atomic E-state index is 6.18. The van der Waals surface area contributed by atoms with Gasteiger partial charge in [-0.15, -0.1) is 53.6 Å². The second kappa shape index (κ2) is 14.1. The van der Waals surface area contributed by atoms with Gasteiger partial charge in [0.25, 0.3) is 0 Å². The third-order valence-corrected chi connectivity index (χ3v) is 10.2. The van der Waals surface area contributed by atoms with Crippen LogP contribution in [-0.4, -0.2) is 18.0 Å². The number of rotatable bonds is 5. The Balaban J connectivity index is 0.000000209. The number of pyridine rings is 2. The van der Waals surface area contributed by atoms with Gasteiger partial charge < -0.3 is 14.4 Å². The zero-order valence-electron chi connectivity index (χ0n) is 27.2. The number of hydrogen-bond donors (Lipinski definition) is 0. The van der Waals surface area contributed by atoms with Crippen molar-refractivity contribution < 1.29 is 24.5 Å². The molecule has 7 rings (SSSR count). The average Bonchev–Trinajstić information content (AvgIpc) is 3.44. The molecule has 0 atom stereocenters. The van der Waals surface area contributed by atoms with E-state index in [0.29, 0.717) is 5.92 Å². The van der Waals surface area contributed by atoms with Crippen LogP contribution in [0.3, 0.4) is 0 Å². The first-order valence-corrected chi connectivity index (χ1v) is 19.0. The van der Waals surface area contributed by atoms with Crippen LogP contribution < -0.4 is 5.19 Å². The van der Waals surface area contributed by atoms with Crippen LogP contribution in [0.5, 0.6) is 0 Å². The molecule has 3 aromatic heterocycles. The summed E-state index contributed by atoms with van der Waals surface area (Å²) in [6.07, 6.45) is 3.90. The maximum Gasteiger partial charge on any atom is 0.121 e. The van der Waals surface area contributed by atoms with E-state index in [2.05, 4.69) is 135 Å². The second-order valence-electron chi connectivity index (χ2n) is 12.8. The minimum atomic E-state index is -1.23. The van der Waals surface area contributed by atoms with Crippen LogP contribution in [0.1, 0.15) is 30.9 Å². The molecule has 0 saturated carbocycles. The molecule has 0 aliphatic carbocycles. The third kappa shape index (κ3) is 7.29. The molecular formula is C41H38IrN2OSi-2. The van der Waals surface area contributed by atoms with Gasteiger partial charge in [-0.25, -0.2) is 0 Å². The van der Waals surface area contributed by atoms with Crippen LogP contribution in [-0.2, 0) is 20.1 Å². The monoisotopic (exact) mass is 795 g/mol. The normalized spacial score (nSPS) is 11.3. The fourth-order valence-corrected chi connectivity index (χ4v) is 6.46. The van der Waals surface area contributed by atoms with Gasteiger partial charge in [0, 0.05) is 37.9 Å². The van der Waals surface area contributed by atoms with Crippen molar-refractivity contribution in [3.8, 4) is 33.6 Å². The van der Waals surface area contributed by atoms with Gasteiger partial charge in [-0.1, -0.05) is 112 Å². The summed E-state index contributed by atoms with van der Waals surface area (Å²) in [7, 11) is -1.23. The molecule has 0 aliphatic rings. The first kappa shape index (κ1) is 33.2. The summed E-state index contributed by atoms with van der Waals surface area (Å²) in [5.41, 5.74) is 10.5. The summed E-state index contributed by atoms with van der Waals surface area (Å²) in [6, 6.07) is 42.2. The number of fused-ring (bicyclic) bond motifs is 3. The molecule has 5 heteroatoms. The number of nitrogens with zero attached hydrogens (tertiary/aromatic N) is 2. The molecule has 233 valence electrons. The van der Waals surface area contributed by atoms with E-state index >= 15 is 0 Å². The average molecular weight is 795 g/mol. The zero-order valence-corrected chi connectivity index (χ0v) is 30.6. The molecule has 0 amide bonds. The molecule has 4 aromatic carbocycles. The van der Waals surface area contributed by atoms with Crippen molar-refractivity contribution in [2.45, 2.75) is 46.3 Å². The van der Waals surface area contributed by atoms with Crippen molar-refractivity contribution in [1.29, 1.82) is 0 Å². The van der Waals surface area contributed by atoms with Crippen LogP contribution in [0.15, 0.2) is 120 Å². The quantitative estimate of drug-likeness (QED) is 0.129. The van der Waals surface area contributed by atoms with Crippen molar-refractivity contribution >= 4 is 35.2 Å². The van der Waals surface area contributed by atoms with Gasteiger partial charge in [-0.05, 0) is 51.8 Å². The Morgan fingerprint density at radius 2 is 1.50 bits per heavy atom. The van der Waals surface area contributed by atoms with Gasteiger partial charge in [-0.2, -0.15) is 0 Å². The van der Waals surface area contributed by atoms with Crippen LogP contribution in [0, 0.1) is 19.1 Å². The third-order valence-electron chi connectivity index (χ3n) is 8.13. The van der Waals surface area contributed by atoms with Gasteiger partial charge in [0.1, 0.15) is 5.58 Å². The first-order chi connectivity index (χ1) is 21.7. The molecule has 3 nitrogen and oxygen atoms in total. The summed E-state index contributed by atoms with van der Waals surface area (Å²) in [6.45, 7) is 13.4. The van der Waals surface area contributed by atoms with Crippen molar-refractivity contribution in [1.82, 2.24) is 9.97 Å². The fraction of sp³-hybridized carbons (Fsp3) is 0.171. The summed E-state index contributed by atoms with van der Waals surface area (Å²) >= 11 is 0. The van der Waals surface area contributed by atoms with Crippen LogP contribution >= 0.6 is 0 Å². The van der Waals surface area contributed by atoms with Crippen LogP contribution in [0.25, 0.3) is 55.6 Å². The van der Waals surface area contributed by atoms with Crippen molar-refractivity contribution in [2.24, 2.45) is 0 Å². The number of aryl methyl sites for hydroxylation is 1. The molecule has 0 bridgehead atoms. The van der Waals surface area contributed by atoms with Gasteiger partial charge in [0.2, 0.25) is 0 Å². The van der Waals surface area contributed by atoms with E-state index in [-0.39, 0.29) is 20.1 Å². The van der Waals surface area contributed by atoms with E-state index in [1.807, 2.05) is 42.7 Å². The van der Waals surface area contributed by atoms with Gasteiger partial charge >= 0.3 is 0 Å². The molecule has 0 spiro atoms. The Hall–Kier alpha value is -4.15. The SMILES string of the molecule is C[Si](C)(C)c1ccc(-c2[c-]cccc2)nc1.Cc1[c-]c(-c2cc(C(C)C)ccn2)cc2c1oc1ccc(-c3ccccc3)cc12.[Ir]. The van der Waals surface area contributed by atoms with E-state index in [0.717, 1.165) is 50.0 Å². The Morgan fingerprint density at radius 1 is 0.717 bits per heavy atom. The van der Waals surface area contributed by atoms with Crippen molar-refractivity contribution in [3.63, 3.8) is 0 Å². The predicted octanol–water partition coefficient (Wildman–Crippen LogP) is 10.6. The van der Waals surface area contributed by atoms with Crippen molar-refractivity contribution in [3.05, 3.63) is 139 Å². The molecule has 7 aromatic rings. The second-order valence-corrected chi connectivity index (χ2v) is 17.9. The molecule has 0 unspecified atom stereocenters. The maximum absolute atomic E-state index is 6.18. The summed E-state index contributed by atoms with van der Waals surface area (Å²) in [5.74, 6) is 0.463. The van der Waals surface area contributed by atoms with Gasteiger partial charge in [0.05, 0.1) is 13.7 Å². The summed E-state index contributed by atoms with van der Waals surface area (Å²) < 4.78 is 6.18. The molecule has 3 heterocycles. The molecule has 0 aliphatic heterocycles. The fourth-order valence-electron chi connectivity index (χ4n) is 5.43. The van der Waals surface area contributed by atoms with Gasteiger partial charge in [-0.3, -0.25) is 0 Å². The molecule has 1 radical (unpaired) electrons. The predicted molar refractivity (Wildman–Crippen MR) is 192 cm³/mol. The minimum absolute atomic E-state index is 0. The Kier molecular flexibility index (Phi) is 10.2. The summed E-state index contributed by atoms with van der Waals surface area (Å²) in [4.78, 5) is 9.13. The molecular weight excluding hydrogens is 757 g/mol. The standard InChI is InChI=1S/C27H22NO.C14H16NSi.Ir/c1-17(2)20-11-12-28-25(16-20)22-13-18(3)27-24(15-22)23-14-21(9-10-26(23)29-27)19-7-5-4-6-8-19;1-16(2,3)13-9-10-14(15-11-13)12-7-5-4-6-8-12;/h4-12,14-17H,1-3H3;4-7,9-11H,1-3H3;/q2*-1;. The summed E-state index contributed by atoms with van der Waals surface area (Å²) in [5, 5.41) is 3.63. The van der Waals surface area contributed by atoms with Crippen LogP contribution in [0.2, 0.25) is 19.6 Å². The van der Waals surface area contributed by atoms with E-state index in [9.17, 15) is 0 Å². The van der Waals surface area contributed by atoms with E-state index in [1.54, 1.807) is 0 Å². The Morgan fingerprint density at radius 3 is 2.17 bits per heavy atom. The zero-order chi connectivity index (χ0) is 31.6. The Bertz CT molecular complexity index is 2060. The van der Waals surface area contributed by atoms with E-state index in [4.69, 9.17) is 4.42 Å². The molecule has 46 heavy (non-hydrogen) atoms.